The molecule has 1 spiro atoms. The second-order valence-corrected chi connectivity index (χ2v) is 12.2. The highest BCUT2D eigenvalue weighted by molar-refractivity contribution is 6.12. The van der Waals surface area contributed by atoms with Crippen molar-refractivity contribution in [3.63, 3.8) is 0 Å². The van der Waals surface area contributed by atoms with E-state index in [2.05, 4.69) is 120 Å². The fraction of sp³-hybridized carbons (Fsp3) is 0.200. The minimum absolute atomic E-state index is 0.366. The molecular weight excluding hydrogens is 494 g/mol. The van der Waals surface area contributed by atoms with Crippen LogP contribution >= 0.6 is 0 Å². The second-order valence-electron chi connectivity index (χ2n) is 12.2. The lowest BCUT2D eigenvalue weighted by molar-refractivity contribution is -0.943. The fourth-order valence-corrected chi connectivity index (χ4v) is 7.79. The van der Waals surface area contributed by atoms with Gasteiger partial charge < -0.3 is 14.0 Å². The maximum absolute atomic E-state index is 6.90. The number of hydrogen-bond acceptors (Lipinski definition) is 2. The van der Waals surface area contributed by atoms with Crippen LogP contribution in [-0.2, 0) is 5.66 Å². The van der Waals surface area contributed by atoms with Crippen LogP contribution in [0.15, 0.2) is 78.9 Å². The first-order valence-corrected chi connectivity index (χ1v) is 14.3. The third-order valence-electron chi connectivity index (χ3n) is 9.52. The van der Waals surface area contributed by atoms with Gasteiger partial charge in [0.05, 0.1) is 28.9 Å². The lowest BCUT2D eigenvalue weighted by Crippen LogP contribution is -2.74. The van der Waals surface area contributed by atoms with E-state index in [9.17, 15) is 0 Å². The van der Waals surface area contributed by atoms with E-state index in [0.29, 0.717) is 11.8 Å². The molecule has 0 bridgehead atoms. The number of pyridine rings is 2. The fourth-order valence-electron chi connectivity index (χ4n) is 7.79. The van der Waals surface area contributed by atoms with Crippen LogP contribution < -0.4 is 18.6 Å². The summed E-state index contributed by atoms with van der Waals surface area (Å²) in [4.78, 5) is 0. The highest BCUT2D eigenvalue weighted by atomic mass is 16.5. The van der Waals surface area contributed by atoms with Crippen LogP contribution in [0.4, 0.5) is 0 Å². The normalized spacial score (nSPS) is 17.9. The number of benzene rings is 3. The van der Waals surface area contributed by atoms with Crippen LogP contribution in [0, 0.1) is 0 Å². The Labute approximate surface area is 231 Å². The van der Waals surface area contributed by atoms with Crippen molar-refractivity contribution in [3.8, 4) is 40.3 Å². The van der Waals surface area contributed by atoms with E-state index in [1.807, 2.05) is 0 Å². The third-order valence-corrected chi connectivity index (χ3v) is 9.52. The van der Waals surface area contributed by atoms with Crippen LogP contribution in [0.5, 0.6) is 23.3 Å². The van der Waals surface area contributed by atoms with E-state index >= 15 is 0 Å². The zero-order valence-corrected chi connectivity index (χ0v) is 22.8. The van der Waals surface area contributed by atoms with Crippen LogP contribution in [0.3, 0.4) is 0 Å². The minimum atomic E-state index is -0.651. The zero-order valence-electron chi connectivity index (χ0n) is 22.8. The Morgan fingerprint density at radius 1 is 0.650 bits per heavy atom. The van der Waals surface area contributed by atoms with Gasteiger partial charge in [-0.3, -0.25) is 0 Å². The van der Waals surface area contributed by atoms with Crippen LogP contribution in [0.25, 0.3) is 38.9 Å². The average molecular weight is 522 g/mol. The first-order chi connectivity index (χ1) is 19.5. The van der Waals surface area contributed by atoms with Crippen molar-refractivity contribution in [2.45, 2.75) is 45.2 Å². The smallest absolute Gasteiger partial charge is 0.404 e. The van der Waals surface area contributed by atoms with E-state index < -0.39 is 5.66 Å². The largest absolute Gasteiger partial charge is 0.433 e. The molecule has 0 saturated heterocycles. The van der Waals surface area contributed by atoms with Gasteiger partial charge in [-0.2, -0.15) is 0 Å². The van der Waals surface area contributed by atoms with Crippen molar-refractivity contribution < 1.29 is 18.6 Å². The van der Waals surface area contributed by atoms with Crippen molar-refractivity contribution in [1.82, 2.24) is 4.57 Å². The summed E-state index contributed by atoms with van der Waals surface area (Å²) < 4.78 is 21.1. The standard InChI is InChI=1S/C35H27N3O2/c1-18(2)20-14-26-27-15-21(19(3)4)17-31-38(27)35-32-25(10-7-11-28(32)39-30(16-20)37(26)35)36-24-9-6-5-8-22(24)23-12-13-29(40-31)33(35)34(23)36/h5-19H,1-4H3/q+2. The predicted octanol–water partition coefficient (Wildman–Crippen LogP) is 7.41. The Morgan fingerprint density at radius 3 is 1.98 bits per heavy atom. The maximum atomic E-state index is 6.90. The van der Waals surface area contributed by atoms with Gasteiger partial charge in [0.25, 0.3) is 11.4 Å². The number of hydrogen-bond donors (Lipinski definition) is 0. The van der Waals surface area contributed by atoms with Crippen molar-refractivity contribution in [2.75, 3.05) is 0 Å². The maximum Gasteiger partial charge on any atom is 0.433 e. The number of para-hydroxylation sites is 1. The van der Waals surface area contributed by atoms with Crippen LogP contribution in [-0.4, -0.2) is 4.57 Å². The summed E-state index contributed by atoms with van der Waals surface area (Å²) in [7, 11) is 0. The first-order valence-electron chi connectivity index (χ1n) is 14.3. The highest BCUT2D eigenvalue weighted by Gasteiger charge is 2.74. The molecule has 7 heterocycles. The molecule has 0 fully saturated rings. The van der Waals surface area contributed by atoms with Crippen molar-refractivity contribution >= 4 is 21.8 Å². The summed E-state index contributed by atoms with van der Waals surface area (Å²) in [5.41, 5.74) is 10.1. The minimum Gasteiger partial charge on any atom is -0.404 e. The van der Waals surface area contributed by atoms with Crippen molar-refractivity contribution in [3.05, 3.63) is 101 Å². The van der Waals surface area contributed by atoms with E-state index in [1.165, 1.54) is 55.4 Å². The highest BCUT2D eigenvalue weighted by Crippen LogP contribution is 2.58. The monoisotopic (exact) mass is 521 g/mol. The van der Waals surface area contributed by atoms with Gasteiger partial charge in [0.2, 0.25) is 0 Å². The van der Waals surface area contributed by atoms with Gasteiger partial charge in [-0.1, -0.05) is 61.1 Å². The van der Waals surface area contributed by atoms with Gasteiger partial charge in [0, 0.05) is 22.9 Å². The first kappa shape index (κ1) is 21.2. The third kappa shape index (κ3) is 2.09. The van der Waals surface area contributed by atoms with Gasteiger partial charge in [-0.25, -0.2) is 0 Å². The summed E-state index contributed by atoms with van der Waals surface area (Å²) in [6.07, 6.45) is 0. The Morgan fingerprint density at radius 2 is 1.30 bits per heavy atom. The molecule has 1 atom stereocenters. The number of ether oxygens (including phenoxy) is 2. The SMILES string of the molecule is CC(C)c1cc2[n+]3c(c1)-c1cc(C(C)C)cc4[n+]1C31c3c(cccc3-n3c5ccccc5c5ccc(c1c53)O4)O2. The molecule has 0 N–H and O–H groups in total. The number of fused-ring (bicyclic) bond motifs is 5. The molecule has 4 aliphatic heterocycles. The Kier molecular flexibility index (Phi) is 3.48. The molecule has 4 aliphatic rings. The molecule has 6 aromatic rings. The molecule has 0 radical (unpaired) electrons. The zero-order chi connectivity index (χ0) is 26.7. The molecule has 3 aromatic carbocycles. The molecule has 0 amide bonds. The summed E-state index contributed by atoms with van der Waals surface area (Å²) in [5.74, 6) is 4.29. The molecule has 3 aromatic heterocycles. The Bertz CT molecular complexity index is 2130. The van der Waals surface area contributed by atoms with E-state index in [1.54, 1.807) is 0 Å². The van der Waals surface area contributed by atoms with Gasteiger partial charge >= 0.3 is 17.4 Å². The van der Waals surface area contributed by atoms with Crippen LogP contribution in [0.2, 0.25) is 0 Å². The molecule has 10 rings (SSSR count). The van der Waals surface area contributed by atoms with Crippen molar-refractivity contribution in [2.24, 2.45) is 0 Å². The Balaban J connectivity index is 1.52. The molecule has 40 heavy (non-hydrogen) atoms. The molecule has 5 nitrogen and oxygen atoms in total. The average Bonchev–Trinajstić information content (AvgIpc) is 3.45. The van der Waals surface area contributed by atoms with Crippen molar-refractivity contribution in [1.29, 1.82) is 0 Å². The molecular formula is C35H27N3O2+2. The van der Waals surface area contributed by atoms with Crippen LogP contribution in [0.1, 0.15) is 61.8 Å². The number of aromatic nitrogens is 3. The van der Waals surface area contributed by atoms with Gasteiger partial charge in [-0.05, 0) is 53.3 Å². The van der Waals surface area contributed by atoms with E-state index in [4.69, 9.17) is 9.47 Å². The molecule has 5 heteroatoms. The lowest BCUT2D eigenvalue weighted by atomic mass is 9.82. The summed E-state index contributed by atoms with van der Waals surface area (Å²) in [5, 5.41) is 2.49. The number of rotatable bonds is 2. The second kappa shape index (κ2) is 6.56. The summed E-state index contributed by atoms with van der Waals surface area (Å²) in [6, 6.07) is 28.9. The summed E-state index contributed by atoms with van der Waals surface area (Å²) >= 11 is 0. The topological polar surface area (TPSA) is 31.2 Å². The van der Waals surface area contributed by atoms with E-state index in [-0.39, 0.29) is 0 Å². The Hall–Kier alpha value is -4.64. The molecule has 0 saturated carbocycles. The quantitative estimate of drug-likeness (QED) is 0.222. The molecule has 1 unspecified atom stereocenters. The van der Waals surface area contributed by atoms with E-state index in [0.717, 1.165) is 28.9 Å². The van der Waals surface area contributed by atoms with Gasteiger partial charge in [0.1, 0.15) is 0 Å². The van der Waals surface area contributed by atoms with Gasteiger partial charge in [0.15, 0.2) is 22.6 Å². The molecule has 192 valence electrons. The molecule has 0 aliphatic carbocycles. The predicted molar refractivity (Wildman–Crippen MR) is 153 cm³/mol. The van der Waals surface area contributed by atoms with Gasteiger partial charge in [-0.15, -0.1) is 0 Å². The lowest BCUT2D eigenvalue weighted by Gasteiger charge is -2.35. The summed E-state index contributed by atoms with van der Waals surface area (Å²) in [6.45, 7) is 9.01. The number of nitrogens with zero attached hydrogens (tertiary/aromatic N) is 3.